The number of aromatic nitrogens is 2. The van der Waals surface area contributed by atoms with Crippen molar-refractivity contribution in [3.8, 4) is 0 Å². The predicted octanol–water partition coefficient (Wildman–Crippen LogP) is -0.543. The highest BCUT2D eigenvalue weighted by molar-refractivity contribution is 5.92. The number of aryl methyl sites for hydroxylation is 1. The molecular formula is C14H21N5O2. The van der Waals surface area contributed by atoms with Gasteiger partial charge in [0, 0.05) is 45.5 Å². The number of imidazole rings is 1. The summed E-state index contributed by atoms with van der Waals surface area (Å²) in [7, 11) is 1.85. The van der Waals surface area contributed by atoms with E-state index in [1.54, 1.807) is 17.1 Å². The number of nitrogens with zero attached hydrogens (tertiary/aromatic N) is 4. The van der Waals surface area contributed by atoms with Gasteiger partial charge in [-0.15, -0.1) is 0 Å². The summed E-state index contributed by atoms with van der Waals surface area (Å²) in [5.74, 6) is 0.0984. The SMILES string of the molecule is Cn1cnc(C(=O)N2CCCC(N3CCNCC3=O)C2)c1. The molecule has 2 fully saturated rings. The summed E-state index contributed by atoms with van der Waals surface area (Å²) in [6.07, 6.45) is 5.27. The monoisotopic (exact) mass is 291 g/mol. The van der Waals surface area contributed by atoms with E-state index in [0.29, 0.717) is 18.8 Å². The van der Waals surface area contributed by atoms with E-state index in [9.17, 15) is 9.59 Å². The molecule has 7 nitrogen and oxygen atoms in total. The maximum absolute atomic E-state index is 12.5. The van der Waals surface area contributed by atoms with E-state index in [1.807, 2.05) is 16.8 Å². The van der Waals surface area contributed by atoms with Crippen LogP contribution in [0.2, 0.25) is 0 Å². The van der Waals surface area contributed by atoms with Crippen LogP contribution < -0.4 is 5.32 Å². The molecule has 0 spiro atoms. The summed E-state index contributed by atoms with van der Waals surface area (Å²) in [6.45, 7) is 3.32. The minimum Gasteiger partial charge on any atom is -0.340 e. The van der Waals surface area contributed by atoms with Crippen LogP contribution in [0.4, 0.5) is 0 Å². The van der Waals surface area contributed by atoms with Crippen molar-refractivity contribution < 1.29 is 9.59 Å². The molecule has 1 N–H and O–H groups in total. The van der Waals surface area contributed by atoms with Gasteiger partial charge in [-0.05, 0) is 12.8 Å². The van der Waals surface area contributed by atoms with Gasteiger partial charge in [0.15, 0.2) is 0 Å². The van der Waals surface area contributed by atoms with Crippen LogP contribution >= 0.6 is 0 Å². The Labute approximate surface area is 123 Å². The number of piperazine rings is 1. The lowest BCUT2D eigenvalue weighted by Gasteiger charge is -2.40. The Hall–Kier alpha value is -1.89. The van der Waals surface area contributed by atoms with Gasteiger partial charge in [-0.1, -0.05) is 0 Å². The van der Waals surface area contributed by atoms with Crippen LogP contribution in [0.15, 0.2) is 12.5 Å². The van der Waals surface area contributed by atoms with Crippen LogP contribution in [-0.2, 0) is 11.8 Å². The van der Waals surface area contributed by atoms with Crippen molar-refractivity contribution in [2.75, 3.05) is 32.7 Å². The lowest BCUT2D eigenvalue weighted by Crippen LogP contribution is -2.57. The Bertz CT molecular complexity index is 541. The van der Waals surface area contributed by atoms with Gasteiger partial charge in [0.05, 0.1) is 12.9 Å². The molecule has 3 rings (SSSR count). The summed E-state index contributed by atoms with van der Waals surface area (Å²) < 4.78 is 1.77. The van der Waals surface area contributed by atoms with E-state index in [-0.39, 0.29) is 17.9 Å². The number of nitrogens with one attached hydrogen (secondary N) is 1. The molecule has 7 heteroatoms. The number of hydrogen-bond acceptors (Lipinski definition) is 4. The molecule has 0 saturated carbocycles. The highest BCUT2D eigenvalue weighted by Gasteiger charge is 2.32. The molecule has 1 unspecified atom stereocenters. The second-order valence-electron chi connectivity index (χ2n) is 5.74. The third-order valence-electron chi connectivity index (χ3n) is 4.17. The summed E-state index contributed by atoms with van der Waals surface area (Å²) >= 11 is 0. The number of carbonyl (C=O) groups is 2. The van der Waals surface area contributed by atoms with Gasteiger partial charge < -0.3 is 19.7 Å². The van der Waals surface area contributed by atoms with Crippen LogP contribution in [0.5, 0.6) is 0 Å². The quantitative estimate of drug-likeness (QED) is 0.794. The fourth-order valence-corrected chi connectivity index (χ4v) is 3.09. The van der Waals surface area contributed by atoms with E-state index in [1.165, 1.54) is 0 Å². The molecule has 3 heterocycles. The molecule has 21 heavy (non-hydrogen) atoms. The highest BCUT2D eigenvalue weighted by Crippen LogP contribution is 2.18. The molecule has 1 aromatic heterocycles. The number of piperidine rings is 1. The first kappa shape index (κ1) is 14.1. The summed E-state index contributed by atoms with van der Waals surface area (Å²) in [5, 5.41) is 3.08. The molecule has 0 aliphatic carbocycles. The van der Waals surface area contributed by atoms with E-state index < -0.39 is 0 Å². The first-order valence-electron chi connectivity index (χ1n) is 7.42. The fraction of sp³-hybridized carbons (Fsp3) is 0.643. The zero-order chi connectivity index (χ0) is 14.8. The Morgan fingerprint density at radius 1 is 1.43 bits per heavy atom. The predicted molar refractivity (Wildman–Crippen MR) is 76.7 cm³/mol. The van der Waals surface area contributed by atoms with Crippen LogP contribution in [0, 0.1) is 0 Å². The smallest absolute Gasteiger partial charge is 0.274 e. The van der Waals surface area contributed by atoms with Crippen molar-refractivity contribution in [2.24, 2.45) is 7.05 Å². The number of amides is 2. The summed E-state index contributed by atoms with van der Waals surface area (Å²) in [6, 6.07) is 0.140. The van der Waals surface area contributed by atoms with Gasteiger partial charge in [-0.2, -0.15) is 0 Å². The molecule has 2 aliphatic rings. The molecule has 2 saturated heterocycles. The third-order valence-corrected chi connectivity index (χ3v) is 4.17. The van der Waals surface area contributed by atoms with Gasteiger partial charge in [-0.3, -0.25) is 9.59 Å². The minimum atomic E-state index is -0.0390. The molecule has 114 valence electrons. The lowest BCUT2D eigenvalue weighted by atomic mass is 10.0. The Morgan fingerprint density at radius 3 is 3.00 bits per heavy atom. The maximum Gasteiger partial charge on any atom is 0.274 e. The summed E-state index contributed by atoms with van der Waals surface area (Å²) in [5.41, 5.74) is 0.477. The van der Waals surface area contributed by atoms with Gasteiger partial charge in [0.1, 0.15) is 5.69 Å². The van der Waals surface area contributed by atoms with Gasteiger partial charge >= 0.3 is 0 Å². The molecule has 1 aromatic rings. The average molecular weight is 291 g/mol. The molecule has 0 bridgehead atoms. The van der Waals surface area contributed by atoms with E-state index in [0.717, 1.165) is 32.5 Å². The zero-order valence-corrected chi connectivity index (χ0v) is 12.3. The Balaban J connectivity index is 1.68. The zero-order valence-electron chi connectivity index (χ0n) is 12.3. The molecule has 0 radical (unpaired) electrons. The molecule has 1 atom stereocenters. The van der Waals surface area contributed by atoms with Crippen molar-refractivity contribution in [3.05, 3.63) is 18.2 Å². The van der Waals surface area contributed by atoms with Gasteiger partial charge in [0.25, 0.3) is 5.91 Å². The minimum absolute atomic E-state index is 0.0390. The van der Waals surface area contributed by atoms with Crippen LogP contribution in [0.1, 0.15) is 23.3 Å². The average Bonchev–Trinajstić information content (AvgIpc) is 2.94. The van der Waals surface area contributed by atoms with Crippen molar-refractivity contribution in [1.29, 1.82) is 0 Å². The molecular weight excluding hydrogens is 270 g/mol. The van der Waals surface area contributed by atoms with Crippen molar-refractivity contribution in [1.82, 2.24) is 24.7 Å². The van der Waals surface area contributed by atoms with E-state index >= 15 is 0 Å². The molecule has 2 amide bonds. The normalized spacial score (nSPS) is 23.5. The first-order valence-corrected chi connectivity index (χ1v) is 7.42. The molecule has 2 aliphatic heterocycles. The van der Waals surface area contributed by atoms with Crippen LogP contribution in [0.25, 0.3) is 0 Å². The number of likely N-dealkylation sites (tertiary alicyclic amines) is 1. The molecule has 0 aromatic carbocycles. The second-order valence-corrected chi connectivity index (χ2v) is 5.74. The van der Waals surface area contributed by atoms with Gasteiger partial charge in [-0.25, -0.2) is 4.98 Å². The van der Waals surface area contributed by atoms with Gasteiger partial charge in [0.2, 0.25) is 5.91 Å². The Morgan fingerprint density at radius 2 is 2.29 bits per heavy atom. The number of carbonyl (C=O) groups excluding carboxylic acids is 2. The fourth-order valence-electron chi connectivity index (χ4n) is 3.09. The van der Waals surface area contributed by atoms with Crippen molar-refractivity contribution >= 4 is 11.8 Å². The summed E-state index contributed by atoms with van der Waals surface area (Å²) in [4.78, 5) is 32.3. The topological polar surface area (TPSA) is 70.5 Å². The largest absolute Gasteiger partial charge is 0.340 e. The van der Waals surface area contributed by atoms with Crippen LogP contribution in [-0.4, -0.2) is 69.9 Å². The number of hydrogen-bond donors (Lipinski definition) is 1. The second kappa shape index (κ2) is 5.85. The van der Waals surface area contributed by atoms with Crippen molar-refractivity contribution in [2.45, 2.75) is 18.9 Å². The van der Waals surface area contributed by atoms with E-state index in [4.69, 9.17) is 0 Å². The highest BCUT2D eigenvalue weighted by atomic mass is 16.2. The lowest BCUT2D eigenvalue weighted by molar-refractivity contribution is -0.135. The maximum atomic E-state index is 12.5. The number of rotatable bonds is 2. The van der Waals surface area contributed by atoms with Crippen LogP contribution in [0.3, 0.4) is 0 Å². The first-order chi connectivity index (χ1) is 10.1. The van der Waals surface area contributed by atoms with Crippen molar-refractivity contribution in [3.63, 3.8) is 0 Å². The Kier molecular flexibility index (Phi) is 3.92. The third kappa shape index (κ3) is 2.92. The standard InChI is InChI=1S/C14H21N5O2/c1-17-9-12(16-10-17)14(21)18-5-2-3-11(8-18)19-6-4-15-7-13(19)20/h9-11,15H,2-8H2,1H3. The van der Waals surface area contributed by atoms with E-state index in [2.05, 4.69) is 10.3 Å².